The summed E-state index contributed by atoms with van der Waals surface area (Å²) in [5.41, 5.74) is 1.50. The molecule has 0 bridgehead atoms. The number of aliphatic hydroxyl groups is 1. The van der Waals surface area contributed by atoms with Gasteiger partial charge in [-0.2, -0.15) is 8.78 Å². The van der Waals surface area contributed by atoms with Crippen molar-refractivity contribution in [3.05, 3.63) is 28.8 Å². The van der Waals surface area contributed by atoms with Crippen molar-refractivity contribution in [1.29, 1.82) is 0 Å². The average molecular weight is 316 g/mol. The van der Waals surface area contributed by atoms with Gasteiger partial charge in [0.25, 0.3) is 0 Å². The maximum atomic E-state index is 12.4. The van der Waals surface area contributed by atoms with Crippen LogP contribution in [0.2, 0.25) is 0 Å². The molecule has 0 saturated carbocycles. The van der Waals surface area contributed by atoms with Gasteiger partial charge in [0.2, 0.25) is 0 Å². The van der Waals surface area contributed by atoms with Gasteiger partial charge in [-0.15, -0.1) is 0 Å². The number of nitrogens with one attached hydrogen (secondary N) is 1. The van der Waals surface area contributed by atoms with Crippen LogP contribution < -0.4 is 10.1 Å². The van der Waals surface area contributed by atoms with E-state index in [0.717, 1.165) is 5.56 Å². The quantitative estimate of drug-likeness (QED) is 0.772. The lowest BCUT2D eigenvalue weighted by molar-refractivity contribution is -0.0507. The van der Waals surface area contributed by atoms with E-state index in [0.29, 0.717) is 30.8 Å². The van der Waals surface area contributed by atoms with Crippen LogP contribution in [0.3, 0.4) is 0 Å². The van der Waals surface area contributed by atoms with Crippen molar-refractivity contribution in [3.63, 3.8) is 0 Å². The van der Waals surface area contributed by atoms with Crippen LogP contribution in [0.15, 0.2) is 12.1 Å². The molecule has 1 aromatic carbocycles. The number of ether oxygens (including phenoxy) is 1. The van der Waals surface area contributed by atoms with Gasteiger partial charge < -0.3 is 20.1 Å². The Bertz CT molecular complexity index is 468. The maximum absolute atomic E-state index is 12.4. The summed E-state index contributed by atoms with van der Waals surface area (Å²) in [5.74, 6) is 0.235. The molecule has 0 saturated heterocycles. The second kappa shape index (κ2) is 7.85. The standard InChI is InChI=1S/C16H26F2N2O2/c1-11-6-13(7-12(2)14(11)22-15(17)18)8-19-9-16(3,21)10-20(4)5/h6-7,15,19,21H,8-10H2,1-5H3. The molecule has 22 heavy (non-hydrogen) atoms. The van der Waals surface area contributed by atoms with Crippen LogP contribution in [-0.4, -0.2) is 49.4 Å². The predicted octanol–water partition coefficient (Wildman–Crippen LogP) is 2.31. The lowest BCUT2D eigenvalue weighted by atomic mass is 10.0. The number of halogens is 2. The third kappa shape index (κ3) is 6.25. The Kier molecular flexibility index (Phi) is 6.71. The summed E-state index contributed by atoms with van der Waals surface area (Å²) in [7, 11) is 3.81. The van der Waals surface area contributed by atoms with Crippen LogP contribution in [-0.2, 0) is 6.54 Å². The molecular formula is C16H26F2N2O2. The van der Waals surface area contributed by atoms with Crippen LogP contribution >= 0.6 is 0 Å². The van der Waals surface area contributed by atoms with E-state index < -0.39 is 12.2 Å². The van der Waals surface area contributed by atoms with Gasteiger partial charge in [0.15, 0.2) is 0 Å². The Morgan fingerprint density at radius 3 is 2.27 bits per heavy atom. The van der Waals surface area contributed by atoms with Gasteiger partial charge in [0, 0.05) is 19.6 Å². The molecule has 0 fully saturated rings. The highest BCUT2D eigenvalue weighted by Crippen LogP contribution is 2.26. The van der Waals surface area contributed by atoms with E-state index in [2.05, 4.69) is 10.1 Å². The number of aryl methyl sites for hydroxylation is 2. The highest BCUT2D eigenvalue weighted by atomic mass is 19.3. The number of likely N-dealkylation sites (N-methyl/N-ethyl adjacent to an activating group) is 1. The summed E-state index contributed by atoms with van der Waals surface area (Å²) in [6, 6.07) is 3.64. The Morgan fingerprint density at radius 1 is 1.27 bits per heavy atom. The van der Waals surface area contributed by atoms with E-state index in [9.17, 15) is 13.9 Å². The summed E-state index contributed by atoms with van der Waals surface area (Å²) in [4.78, 5) is 1.92. The minimum absolute atomic E-state index is 0.235. The molecule has 0 aliphatic rings. The Balaban J connectivity index is 2.64. The largest absolute Gasteiger partial charge is 0.434 e. The molecule has 4 nitrogen and oxygen atoms in total. The van der Waals surface area contributed by atoms with Crippen molar-refractivity contribution in [1.82, 2.24) is 10.2 Å². The van der Waals surface area contributed by atoms with E-state index in [4.69, 9.17) is 0 Å². The van der Waals surface area contributed by atoms with Crippen molar-refractivity contribution in [3.8, 4) is 5.75 Å². The van der Waals surface area contributed by atoms with Gasteiger partial charge in [0.1, 0.15) is 5.75 Å². The number of benzene rings is 1. The van der Waals surface area contributed by atoms with Gasteiger partial charge in [-0.1, -0.05) is 12.1 Å². The van der Waals surface area contributed by atoms with Crippen molar-refractivity contribution < 1.29 is 18.6 Å². The maximum Gasteiger partial charge on any atom is 0.387 e. The third-order valence-corrected chi connectivity index (χ3v) is 3.22. The van der Waals surface area contributed by atoms with E-state index in [1.165, 1.54) is 0 Å². The summed E-state index contributed by atoms with van der Waals surface area (Å²) in [5, 5.41) is 13.4. The summed E-state index contributed by atoms with van der Waals surface area (Å²) in [6.45, 7) is 4.00. The van der Waals surface area contributed by atoms with E-state index in [1.54, 1.807) is 20.8 Å². The first-order valence-corrected chi connectivity index (χ1v) is 7.23. The van der Waals surface area contributed by atoms with Gasteiger partial charge in [-0.05, 0) is 51.6 Å². The van der Waals surface area contributed by atoms with Gasteiger partial charge in [-0.25, -0.2) is 0 Å². The number of hydrogen-bond donors (Lipinski definition) is 2. The van der Waals surface area contributed by atoms with Crippen molar-refractivity contribution in [2.75, 3.05) is 27.2 Å². The molecule has 0 aliphatic heterocycles. The Labute approximate surface area is 131 Å². The SMILES string of the molecule is Cc1cc(CNCC(C)(O)CN(C)C)cc(C)c1OC(F)F. The van der Waals surface area contributed by atoms with Gasteiger partial charge in [0.05, 0.1) is 5.60 Å². The highest BCUT2D eigenvalue weighted by molar-refractivity contribution is 5.43. The van der Waals surface area contributed by atoms with Crippen LogP contribution in [0.25, 0.3) is 0 Å². The summed E-state index contributed by atoms with van der Waals surface area (Å²) >= 11 is 0. The summed E-state index contributed by atoms with van der Waals surface area (Å²) < 4.78 is 29.2. The fourth-order valence-corrected chi connectivity index (χ4v) is 2.63. The Morgan fingerprint density at radius 2 is 1.82 bits per heavy atom. The Hall–Kier alpha value is -1.24. The molecule has 126 valence electrons. The van der Waals surface area contributed by atoms with E-state index >= 15 is 0 Å². The molecule has 1 aromatic rings. The molecule has 2 N–H and O–H groups in total. The van der Waals surface area contributed by atoms with Crippen molar-refractivity contribution >= 4 is 0 Å². The first-order chi connectivity index (χ1) is 10.1. The number of nitrogens with zero attached hydrogens (tertiary/aromatic N) is 1. The predicted molar refractivity (Wildman–Crippen MR) is 83.4 cm³/mol. The van der Waals surface area contributed by atoms with Gasteiger partial charge in [-0.3, -0.25) is 0 Å². The zero-order valence-electron chi connectivity index (χ0n) is 13.9. The number of hydrogen-bond acceptors (Lipinski definition) is 4. The molecule has 0 spiro atoms. The molecule has 0 amide bonds. The molecule has 6 heteroatoms. The van der Waals surface area contributed by atoms with Crippen LogP contribution in [0.5, 0.6) is 5.75 Å². The molecule has 0 radical (unpaired) electrons. The van der Waals surface area contributed by atoms with E-state index in [1.807, 2.05) is 31.1 Å². The fraction of sp³-hybridized carbons (Fsp3) is 0.625. The molecular weight excluding hydrogens is 290 g/mol. The van der Waals surface area contributed by atoms with Crippen molar-refractivity contribution in [2.24, 2.45) is 0 Å². The molecule has 1 rings (SSSR count). The highest BCUT2D eigenvalue weighted by Gasteiger charge is 2.20. The molecule has 0 aliphatic carbocycles. The second-order valence-electron chi connectivity index (χ2n) is 6.28. The molecule has 0 heterocycles. The minimum atomic E-state index is -2.82. The van der Waals surface area contributed by atoms with E-state index in [-0.39, 0.29) is 5.75 Å². The monoisotopic (exact) mass is 316 g/mol. The zero-order valence-corrected chi connectivity index (χ0v) is 13.9. The lowest BCUT2D eigenvalue weighted by Crippen LogP contribution is -2.45. The topological polar surface area (TPSA) is 44.7 Å². The van der Waals surface area contributed by atoms with Gasteiger partial charge >= 0.3 is 6.61 Å². The van der Waals surface area contributed by atoms with Crippen LogP contribution in [0.1, 0.15) is 23.6 Å². The molecule has 1 atom stereocenters. The second-order valence-corrected chi connectivity index (χ2v) is 6.28. The van der Waals surface area contributed by atoms with Crippen LogP contribution in [0.4, 0.5) is 8.78 Å². The first kappa shape index (κ1) is 18.8. The smallest absolute Gasteiger partial charge is 0.387 e. The average Bonchev–Trinajstić information content (AvgIpc) is 2.31. The summed E-state index contributed by atoms with van der Waals surface area (Å²) in [6.07, 6.45) is 0. The fourth-order valence-electron chi connectivity index (χ4n) is 2.63. The normalized spacial score (nSPS) is 14.5. The number of alkyl halides is 2. The molecule has 0 aromatic heterocycles. The third-order valence-electron chi connectivity index (χ3n) is 3.22. The minimum Gasteiger partial charge on any atom is -0.434 e. The first-order valence-electron chi connectivity index (χ1n) is 7.23. The molecule has 1 unspecified atom stereocenters. The number of rotatable bonds is 8. The lowest BCUT2D eigenvalue weighted by Gasteiger charge is -2.27. The van der Waals surface area contributed by atoms with Crippen LogP contribution in [0, 0.1) is 13.8 Å². The van der Waals surface area contributed by atoms with Crippen molar-refractivity contribution in [2.45, 2.75) is 39.5 Å². The zero-order chi connectivity index (χ0) is 16.9.